The smallest absolute Gasteiger partial charge is 0.250 e. The zero-order chi connectivity index (χ0) is 13.0. The van der Waals surface area contributed by atoms with E-state index < -0.39 is 0 Å². The Labute approximate surface area is 111 Å². The molecule has 1 heterocycles. The van der Waals surface area contributed by atoms with E-state index >= 15 is 0 Å². The molecule has 4 heteroatoms. The molecular weight excluding hydrogens is 244 g/mol. The molecular formula is C14H16N2OS. The first kappa shape index (κ1) is 12.8. The maximum atomic E-state index is 11.5. The van der Waals surface area contributed by atoms with Crippen LogP contribution in [0.2, 0.25) is 0 Å². The lowest BCUT2D eigenvalue weighted by atomic mass is 10.2. The molecule has 1 aromatic heterocycles. The predicted molar refractivity (Wildman–Crippen MR) is 77.0 cm³/mol. The summed E-state index contributed by atoms with van der Waals surface area (Å²) in [7, 11) is 0. The van der Waals surface area contributed by atoms with E-state index in [1.165, 1.54) is 5.56 Å². The maximum Gasteiger partial charge on any atom is 0.250 e. The summed E-state index contributed by atoms with van der Waals surface area (Å²) in [6, 6.07) is 11.2. The molecule has 0 amide bonds. The Morgan fingerprint density at radius 1 is 1.28 bits per heavy atom. The molecule has 1 aromatic carbocycles. The van der Waals surface area contributed by atoms with Gasteiger partial charge < -0.3 is 10.3 Å². The SMILES string of the molecule is Cc1ccc(N)c(SCCn2ccccc2=O)c1. The van der Waals surface area contributed by atoms with E-state index in [1.807, 2.05) is 31.3 Å². The zero-order valence-corrected chi connectivity index (χ0v) is 11.1. The minimum Gasteiger partial charge on any atom is -0.398 e. The standard InChI is InChI=1S/C14H16N2OS/c1-11-5-6-12(15)13(10-11)18-9-8-16-7-3-2-4-14(16)17/h2-7,10H,8-9,15H2,1H3. The van der Waals surface area contributed by atoms with Crippen molar-refractivity contribution in [3.63, 3.8) is 0 Å². The number of hydrogen-bond donors (Lipinski definition) is 1. The van der Waals surface area contributed by atoms with Crippen LogP contribution in [-0.2, 0) is 6.54 Å². The summed E-state index contributed by atoms with van der Waals surface area (Å²) in [6.07, 6.45) is 1.81. The molecule has 0 unspecified atom stereocenters. The summed E-state index contributed by atoms with van der Waals surface area (Å²) < 4.78 is 1.71. The second kappa shape index (κ2) is 5.78. The van der Waals surface area contributed by atoms with Crippen molar-refractivity contribution in [3.05, 3.63) is 58.5 Å². The number of aryl methyl sites for hydroxylation is 2. The molecule has 94 valence electrons. The van der Waals surface area contributed by atoms with Gasteiger partial charge in [0.1, 0.15) is 0 Å². The molecule has 3 nitrogen and oxygen atoms in total. The molecule has 2 aromatic rings. The Hall–Kier alpha value is -1.68. The summed E-state index contributed by atoms with van der Waals surface area (Å²) in [6.45, 7) is 2.74. The lowest BCUT2D eigenvalue weighted by Gasteiger charge is -2.07. The molecule has 0 fully saturated rings. The van der Waals surface area contributed by atoms with Crippen molar-refractivity contribution in [2.75, 3.05) is 11.5 Å². The van der Waals surface area contributed by atoms with Crippen LogP contribution >= 0.6 is 11.8 Å². The quantitative estimate of drug-likeness (QED) is 0.679. The molecule has 0 aliphatic carbocycles. The van der Waals surface area contributed by atoms with E-state index in [4.69, 9.17) is 5.73 Å². The van der Waals surface area contributed by atoms with Crippen molar-refractivity contribution in [1.82, 2.24) is 4.57 Å². The van der Waals surface area contributed by atoms with E-state index in [2.05, 4.69) is 6.07 Å². The number of pyridine rings is 1. The topological polar surface area (TPSA) is 48.0 Å². The first-order valence-corrected chi connectivity index (χ1v) is 6.80. The summed E-state index contributed by atoms with van der Waals surface area (Å²) in [5.74, 6) is 0.831. The van der Waals surface area contributed by atoms with E-state index in [-0.39, 0.29) is 5.56 Å². The van der Waals surface area contributed by atoms with Crippen molar-refractivity contribution < 1.29 is 0 Å². The molecule has 0 aliphatic rings. The second-order valence-electron chi connectivity index (χ2n) is 4.12. The van der Waals surface area contributed by atoms with Crippen molar-refractivity contribution in [1.29, 1.82) is 0 Å². The van der Waals surface area contributed by atoms with Gasteiger partial charge >= 0.3 is 0 Å². The number of benzene rings is 1. The highest BCUT2D eigenvalue weighted by Crippen LogP contribution is 2.25. The fourth-order valence-corrected chi connectivity index (χ4v) is 2.68. The number of nitrogens with two attached hydrogens (primary N) is 1. The minimum atomic E-state index is 0.0373. The molecule has 18 heavy (non-hydrogen) atoms. The average molecular weight is 260 g/mol. The van der Waals surface area contributed by atoms with Gasteiger partial charge in [-0.2, -0.15) is 0 Å². The lowest BCUT2D eigenvalue weighted by molar-refractivity contribution is 0.735. The molecule has 0 spiro atoms. The Bertz CT molecular complexity index is 592. The van der Waals surface area contributed by atoms with Crippen LogP contribution in [0.1, 0.15) is 5.56 Å². The maximum absolute atomic E-state index is 11.5. The fourth-order valence-electron chi connectivity index (χ4n) is 1.67. The average Bonchev–Trinajstić information content (AvgIpc) is 2.36. The van der Waals surface area contributed by atoms with Crippen LogP contribution < -0.4 is 11.3 Å². The Kier molecular flexibility index (Phi) is 4.10. The lowest BCUT2D eigenvalue weighted by Crippen LogP contribution is -2.18. The zero-order valence-electron chi connectivity index (χ0n) is 10.3. The number of aromatic nitrogens is 1. The van der Waals surface area contributed by atoms with E-state index in [1.54, 1.807) is 28.5 Å². The van der Waals surface area contributed by atoms with Crippen LogP contribution in [0.3, 0.4) is 0 Å². The molecule has 0 radical (unpaired) electrons. The number of rotatable bonds is 4. The summed E-state index contributed by atoms with van der Waals surface area (Å²) >= 11 is 1.68. The predicted octanol–water partition coefficient (Wildman–Crippen LogP) is 2.53. The van der Waals surface area contributed by atoms with Gasteiger partial charge in [0.25, 0.3) is 5.56 Å². The van der Waals surface area contributed by atoms with Gasteiger partial charge in [-0.3, -0.25) is 4.79 Å². The van der Waals surface area contributed by atoms with Crippen LogP contribution in [0.25, 0.3) is 0 Å². The monoisotopic (exact) mass is 260 g/mol. The van der Waals surface area contributed by atoms with Crippen LogP contribution in [0, 0.1) is 6.92 Å². The van der Waals surface area contributed by atoms with Gasteiger partial charge in [-0.05, 0) is 30.7 Å². The minimum absolute atomic E-state index is 0.0373. The van der Waals surface area contributed by atoms with Crippen molar-refractivity contribution in [2.24, 2.45) is 0 Å². The van der Waals surface area contributed by atoms with Gasteiger partial charge in [0.2, 0.25) is 0 Å². The summed E-state index contributed by atoms with van der Waals surface area (Å²) in [5.41, 5.74) is 7.94. The van der Waals surface area contributed by atoms with Gasteiger partial charge in [-0.25, -0.2) is 0 Å². The molecule has 0 bridgehead atoms. The Morgan fingerprint density at radius 2 is 2.11 bits per heavy atom. The molecule has 0 aliphatic heterocycles. The van der Waals surface area contributed by atoms with Gasteiger partial charge in [0.05, 0.1) is 0 Å². The molecule has 2 rings (SSSR count). The van der Waals surface area contributed by atoms with Crippen molar-refractivity contribution in [2.45, 2.75) is 18.4 Å². The first-order valence-electron chi connectivity index (χ1n) is 5.81. The highest BCUT2D eigenvalue weighted by Gasteiger charge is 2.01. The van der Waals surface area contributed by atoms with Crippen LogP contribution in [0.4, 0.5) is 5.69 Å². The number of nitrogen functional groups attached to an aromatic ring is 1. The first-order chi connectivity index (χ1) is 8.66. The van der Waals surface area contributed by atoms with Gasteiger partial charge in [-0.15, -0.1) is 11.8 Å². The van der Waals surface area contributed by atoms with E-state index in [0.717, 1.165) is 16.3 Å². The van der Waals surface area contributed by atoms with E-state index in [9.17, 15) is 4.79 Å². The highest BCUT2D eigenvalue weighted by molar-refractivity contribution is 7.99. The molecule has 0 saturated heterocycles. The highest BCUT2D eigenvalue weighted by atomic mass is 32.2. The second-order valence-corrected chi connectivity index (χ2v) is 5.26. The normalized spacial score (nSPS) is 10.5. The van der Waals surface area contributed by atoms with Gasteiger partial charge in [-0.1, -0.05) is 12.1 Å². The molecule has 0 atom stereocenters. The molecule has 2 N–H and O–H groups in total. The third kappa shape index (κ3) is 3.17. The number of hydrogen-bond acceptors (Lipinski definition) is 3. The van der Waals surface area contributed by atoms with Crippen LogP contribution in [-0.4, -0.2) is 10.3 Å². The third-order valence-electron chi connectivity index (χ3n) is 2.66. The summed E-state index contributed by atoms with van der Waals surface area (Å²) in [5, 5.41) is 0. The van der Waals surface area contributed by atoms with Crippen LogP contribution in [0.5, 0.6) is 0 Å². The largest absolute Gasteiger partial charge is 0.398 e. The van der Waals surface area contributed by atoms with Gasteiger partial charge in [0.15, 0.2) is 0 Å². The van der Waals surface area contributed by atoms with Crippen molar-refractivity contribution in [3.8, 4) is 0 Å². The third-order valence-corrected chi connectivity index (χ3v) is 3.71. The Morgan fingerprint density at radius 3 is 2.89 bits per heavy atom. The Balaban J connectivity index is 1.99. The number of nitrogens with zero attached hydrogens (tertiary/aromatic N) is 1. The number of thioether (sulfide) groups is 1. The number of anilines is 1. The van der Waals surface area contributed by atoms with Crippen molar-refractivity contribution >= 4 is 17.4 Å². The molecule has 0 saturated carbocycles. The summed E-state index contributed by atoms with van der Waals surface area (Å²) in [4.78, 5) is 12.6. The van der Waals surface area contributed by atoms with Gasteiger partial charge in [0, 0.05) is 35.1 Å². The van der Waals surface area contributed by atoms with Crippen LogP contribution in [0.15, 0.2) is 52.3 Å². The fraction of sp³-hybridized carbons (Fsp3) is 0.214. The van der Waals surface area contributed by atoms with E-state index in [0.29, 0.717) is 6.54 Å².